The van der Waals surface area contributed by atoms with Crippen LogP contribution < -0.4 is 5.32 Å². The van der Waals surface area contributed by atoms with Gasteiger partial charge < -0.3 is 5.32 Å². The molecule has 1 aliphatic rings. The van der Waals surface area contributed by atoms with Crippen molar-refractivity contribution in [1.82, 2.24) is 10.2 Å². The van der Waals surface area contributed by atoms with Gasteiger partial charge in [0.05, 0.1) is 10.6 Å². The Labute approximate surface area is 156 Å². The second-order valence-electron chi connectivity index (χ2n) is 6.15. The van der Waals surface area contributed by atoms with Gasteiger partial charge in [-0.3, -0.25) is 9.69 Å². The van der Waals surface area contributed by atoms with Gasteiger partial charge in [0, 0.05) is 11.6 Å². The third kappa shape index (κ3) is 3.32. The first kappa shape index (κ1) is 18.4. The van der Waals surface area contributed by atoms with Crippen LogP contribution in [0.3, 0.4) is 0 Å². The van der Waals surface area contributed by atoms with Crippen LogP contribution in [0.2, 0.25) is 5.02 Å². The van der Waals surface area contributed by atoms with E-state index in [-0.39, 0.29) is 17.2 Å². The van der Waals surface area contributed by atoms with E-state index in [1.54, 1.807) is 31.2 Å². The van der Waals surface area contributed by atoms with Gasteiger partial charge in [0.1, 0.15) is 5.54 Å². The maximum atomic E-state index is 12.8. The zero-order valence-corrected chi connectivity index (χ0v) is 15.5. The monoisotopic (exact) mass is 392 g/mol. The van der Waals surface area contributed by atoms with Crippen LogP contribution in [0.5, 0.6) is 0 Å². The number of carbonyl (C=O) groups is 2. The van der Waals surface area contributed by atoms with Crippen LogP contribution in [-0.2, 0) is 20.2 Å². The predicted molar refractivity (Wildman–Crippen MR) is 97.5 cm³/mol. The Morgan fingerprint density at radius 1 is 1.04 bits per heavy atom. The van der Waals surface area contributed by atoms with Crippen molar-refractivity contribution in [1.29, 1.82) is 0 Å². The molecular weight excluding hydrogens is 376 g/mol. The van der Waals surface area contributed by atoms with Gasteiger partial charge in [0.2, 0.25) is 0 Å². The van der Waals surface area contributed by atoms with Gasteiger partial charge in [-0.2, -0.15) is 0 Å². The van der Waals surface area contributed by atoms with Crippen molar-refractivity contribution >= 4 is 33.4 Å². The lowest BCUT2D eigenvalue weighted by atomic mass is 9.92. The van der Waals surface area contributed by atoms with Crippen LogP contribution in [0.1, 0.15) is 12.5 Å². The van der Waals surface area contributed by atoms with Crippen LogP contribution in [-0.4, -0.2) is 37.6 Å². The molecule has 0 aromatic heterocycles. The van der Waals surface area contributed by atoms with Crippen LogP contribution in [0.15, 0.2) is 59.5 Å². The maximum absolute atomic E-state index is 12.8. The molecule has 0 saturated carbocycles. The van der Waals surface area contributed by atoms with Crippen molar-refractivity contribution in [2.45, 2.75) is 17.4 Å². The summed E-state index contributed by atoms with van der Waals surface area (Å²) < 4.78 is 24.9. The van der Waals surface area contributed by atoms with Gasteiger partial charge in [-0.25, -0.2) is 13.2 Å². The van der Waals surface area contributed by atoms with Crippen molar-refractivity contribution in [2.75, 3.05) is 12.3 Å². The third-order valence-corrected chi connectivity index (χ3v) is 6.34. The molecule has 136 valence electrons. The zero-order chi connectivity index (χ0) is 18.9. The fraction of sp³-hybridized carbons (Fsp3) is 0.222. The number of imide groups is 1. The molecule has 0 aliphatic carbocycles. The molecule has 1 unspecified atom stereocenters. The molecule has 0 bridgehead atoms. The fourth-order valence-electron chi connectivity index (χ4n) is 2.84. The van der Waals surface area contributed by atoms with Gasteiger partial charge in [0.15, 0.2) is 9.84 Å². The molecule has 26 heavy (non-hydrogen) atoms. The van der Waals surface area contributed by atoms with Gasteiger partial charge in [-0.05, 0) is 36.8 Å². The standard InChI is InChI=1S/C18H17ClN2O4S/c1-18(13-5-3-2-4-6-13)16(22)21(17(23)20-18)11-12-26(24,25)15-9-7-14(19)8-10-15/h2-10H,11-12H2,1H3,(H,20,23). The topological polar surface area (TPSA) is 83.6 Å². The van der Waals surface area contributed by atoms with E-state index in [9.17, 15) is 18.0 Å². The van der Waals surface area contributed by atoms with Crippen LogP contribution >= 0.6 is 11.6 Å². The summed E-state index contributed by atoms with van der Waals surface area (Å²) in [5, 5.41) is 3.08. The molecule has 1 N–H and O–H groups in total. The highest BCUT2D eigenvalue weighted by Gasteiger charge is 2.48. The molecule has 1 aliphatic heterocycles. The number of carbonyl (C=O) groups excluding carboxylic acids is 2. The summed E-state index contributed by atoms with van der Waals surface area (Å²) in [7, 11) is -3.65. The number of sulfone groups is 1. The molecule has 1 fully saturated rings. The Morgan fingerprint density at radius 3 is 2.27 bits per heavy atom. The first-order valence-corrected chi connectivity index (χ1v) is 9.95. The summed E-state index contributed by atoms with van der Waals surface area (Å²) in [4.78, 5) is 26.1. The smallest absolute Gasteiger partial charge is 0.319 e. The lowest BCUT2D eigenvalue weighted by Gasteiger charge is -2.22. The number of nitrogens with one attached hydrogen (secondary N) is 1. The third-order valence-electron chi connectivity index (χ3n) is 4.38. The zero-order valence-electron chi connectivity index (χ0n) is 14.0. The fourth-order valence-corrected chi connectivity index (χ4v) is 4.17. The van der Waals surface area contributed by atoms with E-state index >= 15 is 0 Å². The largest absolute Gasteiger partial charge is 0.325 e. The summed E-state index contributed by atoms with van der Waals surface area (Å²) in [6.07, 6.45) is 0. The first-order chi connectivity index (χ1) is 12.2. The summed E-state index contributed by atoms with van der Waals surface area (Å²) in [6, 6.07) is 14.0. The number of benzene rings is 2. The summed E-state index contributed by atoms with van der Waals surface area (Å²) in [5.41, 5.74) is -0.566. The molecule has 3 amide bonds. The molecule has 3 rings (SSSR count). The Kier molecular flexibility index (Phi) is 4.77. The molecule has 2 aromatic carbocycles. The number of nitrogens with zero attached hydrogens (tertiary/aromatic N) is 1. The van der Waals surface area contributed by atoms with E-state index in [2.05, 4.69) is 5.32 Å². The Balaban J connectivity index is 1.77. The van der Waals surface area contributed by atoms with E-state index in [0.29, 0.717) is 10.6 Å². The second-order valence-corrected chi connectivity index (χ2v) is 8.70. The van der Waals surface area contributed by atoms with Gasteiger partial charge in [-0.1, -0.05) is 41.9 Å². The highest BCUT2D eigenvalue weighted by atomic mass is 35.5. The quantitative estimate of drug-likeness (QED) is 0.792. The highest BCUT2D eigenvalue weighted by Crippen LogP contribution is 2.28. The van der Waals surface area contributed by atoms with E-state index in [0.717, 1.165) is 4.90 Å². The lowest BCUT2D eigenvalue weighted by Crippen LogP contribution is -2.41. The minimum absolute atomic E-state index is 0.0970. The van der Waals surface area contributed by atoms with E-state index in [1.165, 1.54) is 24.3 Å². The van der Waals surface area contributed by atoms with Crippen molar-refractivity contribution in [3.8, 4) is 0 Å². The molecule has 1 atom stereocenters. The molecule has 0 spiro atoms. The summed E-state index contributed by atoms with van der Waals surface area (Å²) in [5.74, 6) is -0.835. The van der Waals surface area contributed by atoms with E-state index in [1.807, 2.05) is 6.07 Å². The minimum atomic E-state index is -3.65. The number of hydrogen-bond acceptors (Lipinski definition) is 4. The molecule has 8 heteroatoms. The molecule has 1 saturated heterocycles. The summed E-state index contributed by atoms with van der Waals surface area (Å²) in [6.45, 7) is 1.38. The van der Waals surface area contributed by atoms with Crippen molar-refractivity contribution < 1.29 is 18.0 Å². The number of urea groups is 1. The molecule has 1 heterocycles. The van der Waals surface area contributed by atoms with Gasteiger partial charge in [-0.15, -0.1) is 0 Å². The van der Waals surface area contributed by atoms with Crippen molar-refractivity contribution in [3.63, 3.8) is 0 Å². The number of rotatable bonds is 5. The van der Waals surface area contributed by atoms with Crippen LogP contribution in [0.25, 0.3) is 0 Å². The van der Waals surface area contributed by atoms with E-state index < -0.39 is 27.3 Å². The van der Waals surface area contributed by atoms with Gasteiger partial charge >= 0.3 is 6.03 Å². The second kappa shape index (κ2) is 6.74. The SMILES string of the molecule is CC1(c2ccccc2)NC(=O)N(CCS(=O)(=O)c2ccc(Cl)cc2)C1=O. The number of halogens is 1. The van der Waals surface area contributed by atoms with Crippen LogP contribution in [0, 0.1) is 0 Å². The lowest BCUT2D eigenvalue weighted by molar-refractivity contribution is -0.130. The Bertz CT molecular complexity index is 945. The molecule has 0 radical (unpaired) electrons. The predicted octanol–water partition coefficient (Wildman–Crippen LogP) is 2.58. The molecular formula is C18H17ClN2O4S. The van der Waals surface area contributed by atoms with E-state index in [4.69, 9.17) is 11.6 Å². The number of amides is 3. The normalized spacial score (nSPS) is 20.3. The average molecular weight is 393 g/mol. The highest BCUT2D eigenvalue weighted by molar-refractivity contribution is 7.91. The minimum Gasteiger partial charge on any atom is -0.319 e. The summed E-state index contributed by atoms with van der Waals surface area (Å²) >= 11 is 5.77. The molecule has 2 aromatic rings. The van der Waals surface area contributed by atoms with Gasteiger partial charge in [0.25, 0.3) is 5.91 Å². The number of hydrogen-bond donors (Lipinski definition) is 1. The molecule has 6 nitrogen and oxygen atoms in total. The maximum Gasteiger partial charge on any atom is 0.325 e. The van der Waals surface area contributed by atoms with Crippen LogP contribution in [0.4, 0.5) is 4.79 Å². The Hall–Kier alpha value is -2.38. The first-order valence-electron chi connectivity index (χ1n) is 7.92. The van der Waals surface area contributed by atoms with Crippen molar-refractivity contribution in [2.24, 2.45) is 0 Å². The van der Waals surface area contributed by atoms with Crippen molar-refractivity contribution in [3.05, 3.63) is 65.2 Å². The average Bonchev–Trinajstić information content (AvgIpc) is 2.84. The Morgan fingerprint density at radius 2 is 1.65 bits per heavy atom.